The van der Waals surface area contributed by atoms with Crippen LogP contribution in [0.3, 0.4) is 0 Å². The fourth-order valence-corrected chi connectivity index (χ4v) is 3.35. The predicted octanol–water partition coefficient (Wildman–Crippen LogP) is 5.49. The smallest absolute Gasteiger partial charge is 0.348 e. The van der Waals surface area contributed by atoms with Crippen molar-refractivity contribution >= 4 is 17.4 Å². The molecule has 0 atom stereocenters. The van der Waals surface area contributed by atoms with E-state index >= 15 is 0 Å². The van der Waals surface area contributed by atoms with Gasteiger partial charge in [0.05, 0.1) is 11.1 Å². The van der Waals surface area contributed by atoms with Gasteiger partial charge in [0.1, 0.15) is 17.4 Å². The molecule has 3 aromatic rings. The Kier molecular flexibility index (Phi) is 7.14. The second-order valence-corrected chi connectivity index (χ2v) is 9.41. The molecule has 0 radical (unpaired) electrons. The van der Waals surface area contributed by atoms with E-state index in [0.29, 0.717) is 40.6 Å². The fraction of sp³-hybridized carbons (Fsp3) is 0.360. The molecule has 0 aliphatic heterocycles. The van der Waals surface area contributed by atoms with Crippen molar-refractivity contribution in [2.45, 2.75) is 53.6 Å². The zero-order valence-electron chi connectivity index (χ0n) is 19.0. The maximum atomic E-state index is 12.3. The van der Waals surface area contributed by atoms with Crippen LogP contribution in [0.25, 0.3) is 22.8 Å². The van der Waals surface area contributed by atoms with Gasteiger partial charge in [-0.05, 0) is 62.2 Å². The summed E-state index contributed by atoms with van der Waals surface area (Å²) in [6.45, 7) is 9.65. The number of carbonyl (C=O) groups excluding carboxylic acids is 1. The van der Waals surface area contributed by atoms with Crippen molar-refractivity contribution in [1.82, 2.24) is 15.0 Å². The van der Waals surface area contributed by atoms with Gasteiger partial charge in [-0.1, -0.05) is 38.4 Å². The second kappa shape index (κ2) is 9.65. The van der Waals surface area contributed by atoms with E-state index in [1.165, 1.54) is 0 Å². The van der Waals surface area contributed by atoms with E-state index in [0.717, 1.165) is 11.3 Å². The van der Waals surface area contributed by atoms with E-state index in [9.17, 15) is 9.59 Å². The number of nitrogens with zero attached hydrogens (tertiary/aromatic N) is 2. The molecule has 0 bridgehead atoms. The SMILES string of the molecule is CC(C)Oc1ccc(-c2nc(-c3cc(CCC(=O)C(C)(C)C)ccc3Cl)[nH]c(=O)n2)cc1. The average Bonchev–Trinajstić information content (AvgIpc) is 2.72. The normalized spacial score (nSPS) is 11.6. The number of hydrogen-bond donors (Lipinski definition) is 1. The van der Waals surface area contributed by atoms with Gasteiger partial charge in [-0.3, -0.25) is 9.78 Å². The quantitative estimate of drug-likeness (QED) is 0.511. The van der Waals surface area contributed by atoms with Crippen LogP contribution in [0.5, 0.6) is 5.75 Å². The Morgan fingerprint density at radius 3 is 2.41 bits per heavy atom. The van der Waals surface area contributed by atoms with E-state index < -0.39 is 5.69 Å². The number of rotatable bonds is 7. The third-order valence-corrected chi connectivity index (χ3v) is 5.23. The number of ether oxygens (including phenoxy) is 1. The summed E-state index contributed by atoms with van der Waals surface area (Å²) in [6, 6.07) is 12.8. The Labute approximate surface area is 193 Å². The lowest BCUT2D eigenvalue weighted by Gasteiger charge is -2.16. The molecular weight excluding hydrogens is 426 g/mol. The van der Waals surface area contributed by atoms with Gasteiger partial charge in [0.25, 0.3) is 0 Å². The van der Waals surface area contributed by atoms with Crippen molar-refractivity contribution in [3.05, 3.63) is 63.5 Å². The summed E-state index contributed by atoms with van der Waals surface area (Å²) >= 11 is 6.42. The molecule has 0 saturated heterocycles. The number of nitrogens with one attached hydrogen (secondary N) is 1. The number of aryl methyl sites for hydroxylation is 1. The Bertz CT molecular complexity index is 1160. The summed E-state index contributed by atoms with van der Waals surface area (Å²) in [4.78, 5) is 35.8. The van der Waals surface area contributed by atoms with Crippen molar-refractivity contribution < 1.29 is 9.53 Å². The number of halogens is 1. The molecule has 1 aromatic heterocycles. The highest BCUT2D eigenvalue weighted by Crippen LogP contribution is 2.28. The Morgan fingerprint density at radius 1 is 1.09 bits per heavy atom. The van der Waals surface area contributed by atoms with Gasteiger partial charge in [-0.25, -0.2) is 9.78 Å². The fourth-order valence-electron chi connectivity index (χ4n) is 3.14. The highest BCUT2D eigenvalue weighted by Gasteiger charge is 2.20. The highest BCUT2D eigenvalue weighted by atomic mass is 35.5. The number of ketones is 1. The van der Waals surface area contributed by atoms with E-state index in [2.05, 4.69) is 15.0 Å². The van der Waals surface area contributed by atoms with Crippen molar-refractivity contribution in [3.8, 4) is 28.5 Å². The summed E-state index contributed by atoms with van der Waals surface area (Å²) in [5.74, 6) is 1.55. The number of H-pyrrole nitrogens is 1. The topological polar surface area (TPSA) is 84.9 Å². The first-order valence-electron chi connectivity index (χ1n) is 10.6. The van der Waals surface area contributed by atoms with Gasteiger partial charge in [0.15, 0.2) is 5.82 Å². The molecule has 7 heteroatoms. The molecule has 0 amide bonds. The summed E-state index contributed by atoms with van der Waals surface area (Å²) < 4.78 is 5.66. The van der Waals surface area contributed by atoms with Crippen LogP contribution in [0.2, 0.25) is 5.02 Å². The molecular formula is C25H28ClN3O3. The van der Waals surface area contributed by atoms with Crippen LogP contribution in [-0.2, 0) is 11.2 Å². The molecule has 0 aliphatic rings. The average molecular weight is 454 g/mol. The first-order valence-corrected chi connectivity index (χ1v) is 11.0. The molecule has 0 fully saturated rings. The maximum Gasteiger partial charge on any atom is 0.348 e. The zero-order chi connectivity index (χ0) is 23.5. The Morgan fingerprint density at radius 2 is 1.78 bits per heavy atom. The minimum atomic E-state index is -0.517. The van der Waals surface area contributed by atoms with Crippen molar-refractivity contribution in [1.29, 1.82) is 0 Å². The lowest BCUT2D eigenvalue weighted by Crippen LogP contribution is -2.20. The summed E-state index contributed by atoms with van der Waals surface area (Å²) in [7, 11) is 0. The Balaban J connectivity index is 1.91. The third-order valence-electron chi connectivity index (χ3n) is 4.90. The number of benzene rings is 2. The second-order valence-electron chi connectivity index (χ2n) is 9.00. The van der Waals surface area contributed by atoms with Crippen LogP contribution in [0.1, 0.15) is 46.6 Å². The van der Waals surface area contributed by atoms with Gasteiger partial charge in [-0.2, -0.15) is 4.98 Å². The standard InChI is InChI=1S/C25H28ClN3O3/c1-15(2)32-18-10-8-17(9-11-18)22-27-23(29-24(31)28-22)19-14-16(6-12-20(19)26)7-13-21(30)25(3,4)5/h6,8-12,14-15H,7,13H2,1-5H3,(H,27,28,29,31). The molecule has 0 spiro atoms. The number of aromatic amines is 1. The number of carbonyl (C=O) groups is 1. The highest BCUT2D eigenvalue weighted by molar-refractivity contribution is 6.33. The van der Waals surface area contributed by atoms with Gasteiger partial charge in [-0.15, -0.1) is 0 Å². The van der Waals surface area contributed by atoms with Crippen molar-refractivity contribution in [3.63, 3.8) is 0 Å². The molecule has 32 heavy (non-hydrogen) atoms. The summed E-state index contributed by atoms with van der Waals surface area (Å²) in [6.07, 6.45) is 1.08. The van der Waals surface area contributed by atoms with E-state index in [-0.39, 0.29) is 17.3 Å². The van der Waals surface area contributed by atoms with Crippen LogP contribution in [-0.4, -0.2) is 26.8 Å². The van der Waals surface area contributed by atoms with Gasteiger partial charge in [0.2, 0.25) is 0 Å². The maximum absolute atomic E-state index is 12.3. The molecule has 1 N–H and O–H groups in total. The number of aromatic nitrogens is 3. The lowest BCUT2D eigenvalue weighted by molar-refractivity contribution is -0.126. The lowest BCUT2D eigenvalue weighted by atomic mass is 9.87. The molecule has 0 aliphatic carbocycles. The van der Waals surface area contributed by atoms with Crippen molar-refractivity contribution in [2.24, 2.45) is 5.41 Å². The summed E-state index contributed by atoms with van der Waals surface area (Å²) in [5, 5.41) is 0.455. The van der Waals surface area contributed by atoms with Crippen LogP contribution < -0.4 is 10.4 Å². The third kappa shape index (κ3) is 6.04. The first-order chi connectivity index (χ1) is 15.0. The minimum Gasteiger partial charge on any atom is -0.491 e. The van der Waals surface area contributed by atoms with Crippen LogP contribution in [0, 0.1) is 5.41 Å². The molecule has 0 saturated carbocycles. The molecule has 3 rings (SSSR count). The van der Waals surface area contributed by atoms with Crippen LogP contribution in [0.4, 0.5) is 0 Å². The van der Waals surface area contributed by atoms with Gasteiger partial charge in [0, 0.05) is 23.0 Å². The first kappa shape index (κ1) is 23.7. The summed E-state index contributed by atoms with van der Waals surface area (Å²) in [5.41, 5.74) is 1.33. The monoisotopic (exact) mass is 453 g/mol. The van der Waals surface area contributed by atoms with E-state index in [1.807, 2.05) is 71.0 Å². The zero-order valence-corrected chi connectivity index (χ0v) is 19.8. The molecule has 0 unspecified atom stereocenters. The Hall–Kier alpha value is -2.99. The van der Waals surface area contributed by atoms with Crippen molar-refractivity contribution in [2.75, 3.05) is 0 Å². The molecule has 168 valence electrons. The molecule has 6 nitrogen and oxygen atoms in total. The molecule has 1 heterocycles. The van der Waals surface area contributed by atoms with Gasteiger partial charge < -0.3 is 4.74 Å². The van der Waals surface area contributed by atoms with E-state index in [4.69, 9.17) is 16.3 Å². The van der Waals surface area contributed by atoms with Crippen LogP contribution >= 0.6 is 11.6 Å². The number of Topliss-reactive ketones (excluding diaryl/α,β-unsaturated/α-hetero) is 1. The van der Waals surface area contributed by atoms with Gasteiger partial charge >= 0.3 is 5.69 Å². The minimum absolute atomic E-state index is 0.0661. The molecule has 2 aromatic carbocycles. The largest absolute Gasteiger partial charge is 0.491 e. The number of hydrogen-bond acceptors (Lipinski definition) is 5. The van der Waals surface area contributed by atoms with Crippen LogP contribution in [0.15, 0.2) is 47.3 Å². The van der Waals surface area contributed by atoms with E-state index in [1.54, 1.807) is 6.07 Å². The predicted molar refractivity (Wildman–Crippen MR) is 127 cm³/mol.